The van der Waals surface area contributed by atoms with Gasteiger partial charge < -0.3 is 10.2 Å². The van der Waals surface area contributed by atoms with Crippen molar-refractivity contribution in [2.24, 2.45) is 33.5 Å². The van der Waals surface area contributed by atoms with Crippen LogP contribution in [0.15, 0.2) is 24.3 Å². The Bertz CT molecular complexity index is 1170. The molecular weight excluding hydrogens is 452 g/mol. The van der Waals surface area contributed by atoms with Crippen molar-refractivity contribution in [1.82, 2.24) is 0 Å². The zero-order valence-electron chi connectivity index (χ0n) is 24.5. The van der Waals surface area contributed by atoms with E-state index in [-0.39, 0.29) is 10.8 Å². The van der Waals surface area contributed by atoms with E-state index < -0.39 is 0 Å². The Morgan fingerprint density at radius 1 is 0.649 bits per heavy atom. The maximum atomic E-state index is 11.2. The summed E-state index contributed by atoms with van der Waals surface area (Å²) in [7, 11) is 0. The summed E-state index contributed by atoms with van der Waals surface area (Å²) in [6.45, 7) is 18.9. The van der Waals surface area contributed by atoms with Gasteiger partial charge in [0.2, 0.25) is 0 Å². The lowest BCUT2D eigenvalue weighted by molar-refractivity contribution is 0.133. The number of phenols is 2. The van der Waals surface area contributed by atoms with E-state index in [1.807, 2.05) is 0 Å². The lowest BCUT2D eigenvalue weighted by atomic mass is 9.64. The molecule has 2 heteroatoms. The highest BCUT2D eigenvalue weighted by molar-refractivity contribution is 5.51. The van der Waals surface area contributed by atoms with Crippen LogP contribution >= 0.6 is 0 Å². The fraction of sp³-hybridized carbons (Fsp3) is 0.657. The molecule has 4 fully saturated rings. The van der Waals surface area contributed by atoms with E-state index in [1.165, 1.54) is 60.8 Å². The van der Waals surface area contributed by atoms with Crippen LogP contribution in [0.2, 0.25) is 0 Å². The molecule has 0 radical (unpaired) electrons. The summed E-state index contributed by atoms with van der Waals surface area (Å²) >= 11 is 0. The Morgan fingerprint density at radius 3 is 1.32 bits per heavy atom. The summed E-state index contributed by atoms with van der Waals surface area (Å²) in [5.74, 6) is 3.37. The molecule has 4 aliphatic carbocycles. The number of hydrogen-bond donors (Lipinski definition) is 2. The largest absolute Gasteiger partial charge is 0.507 e. The zero-order chi connectivity index (χ0) is 26.7. The highest BCUT2D eigenvalue weighted by Gasteiger charge is 2.63. The lowest BCUT2D eigenvalue weighted by Gasteiger charge is -2.40. The predicted molar refractivity (Wildman–Crippen MR) is 152 cm³/mol. The maximum Gasteiger partial charge on any atom is 0.121 e. The third-order valence-electron chi connectivity index (χ3n) is 13.5. The van der Waals surface area contributed by atoms with Crippen LogP contribution in [0.3, 0.4) is 0 Å². The molecule has 0 amide bonds. The number of aryl methyl sites for hydroxylation is 2. The quantitative estimate of drug-likeness (QED) is 0.439. The van der Waals surface area contributed by atoms with Gasteiger partial charge in [0.1, 0.15) is 11.5 Å². The van der Waals surface area contributed by atoms with Crippen molar-refractivity contribution in [2.45, 2.75) is 112 Å². The molecular formula is C35H48O2. The molecule has 0 aliphatic heterocycles. The molecule has 2 aromatic carbocycles. The van der Waals surface area contributed by atoms with Gasteiger partial charge in [-0.25, -0.2) is 0 Å². The predicted octanol–water partition coefficient (Wildman–Crippen LogP) is 9.17. The maximum absolute atomic E-state index is 11.2. The van der Waals surface area contributed by atoms with Crippen molar-refractivity contribution in [2.75, 3.05) is 0 Å². The summed E-state index contributed by atoms with van der Waals surface area (Å²) in [6, 6.07) is 9.00. The van der Waals surface area contributed by atoms with E-state index in [0.29, 0.717) is 34.2 Å². The monoisotopic (exact) mass is 500 g/mol. The van der Waals surface area contributed by atoms with Crippen molar-refractivity contribution in [3.05, 3.63) is 57.6 Å². The van der Waals surface area contributed by atoms with Gasteiger partial charge in [-0.15, -0.1) is 0 Å². The van der Waals surface area contributed by atoms with E-state index >= 15 is 0 Å². The summed E-state index contributed by atoms with van der Waals surface area (Å²) in [6.07, 6.45) is 8.40. The van der Waals surface area contributed by atoms with Crippen molar-refractivity contribution in [1.29, 1.82) is 0 Å². The Morgan fingerprint density at radius 2 is 1.03 bits per heavy atom. The average Bonchev–Trinajstić information content (AvgIpc) is 3.35. The minimum absolute atomic E-state index is 0.243. The van der Waals surface area contributed by atoms with Crippen LogP contribution in [-0.4, -0.2) is 10.2 Å². The van der Waals surface area contributed by atoms with Crippen LogP contribution < -0.4 is 0 Å². The molecule has 4 bridgehead atoms. The first-order valence-electron chi connectivity index (χ1n) is 14.9. The molecule has 4 aliphatic rings. The fourth-order valence-corrected chi connectivity index (χ4v) is 10.1. The molecule has 6 unspecified atom stereocenters. The van der Waals surface area contributed by atoms with E-state index in [9.17, 15) is 10.2 Å². The van der Waals surface area contributed by atoms with Crippen LogP contribution in [-0.2, 0) is 6.42 Å². The molecule has 37 heavy (non-hydrogen) atoms. The van der Waals surface area contributed by atoms with Crippen molar-refractivity contribution >= 4 is 0 Å². The van der Waals surface area contributed by atoms with Crippen LogP contribution in [0.1, 0.15) is 125 Å². The van der Waals surface area contributed by atoms with E-state index in [2.05, 4.69) is 79.7 Å². The Hall–Kier alpha value is -1.96. The second-order valence-corrected chi connectivity index (χ2v) is 15.2. The second kappa shape index (κ2) is 7.80. The molecule has 6 rings (SSSR count). The lowest BCUT2D eigenvalue weighted by Crippen LogP contribution is -2.31. The number of rotatable bonds is 4. The van der Waals surface area contributed by atoms with E-state index in [4.69, 9.17) is 0 Å². The van der Waals surface area contributed by atoms with Crippen molar-refractivity contribution < 1.29 is 10.2 Å². The first-order valence-corrected chi connectivity index (χ1v) is 14.9. The highest BCUT2D eigenvalue weighted by Crippen LogP contribution is 2.72. The molecule has 0 saturated heterocycles. The van der Waals surface area contributed by atoms with Crippen LogP contribution in [0.5, 0.6) is 11.5 Å². The SMILES string of the molecule is Cc1cc(Cc2cc(C)c(O)c(C3CC4CCC3(C)C4(C)C)c2)cc(C2CC3CCC2(C)C3(C)C)c1O. The zero-order valence-corrected chi connectivity index (χ0v) is 24.5. The summed E-state index contributed by atoms with van der Waals surface area (Å²) in [5.41, 5.74) is 8.03. The van der Waals surface area contributed by atoms with Gasteiger partial charge in [-0.3, -0.25) is 0 Å². The summed E-state index contributed by atoms with van der Waals surface area (Å²) in [5, 5.41) is 22.5. The number of aromatic hydroxyl groups is 2. The van der Waals surface area contributed by atoms with Gasteiger partial charge in [-0.2, -0.15) is 0 Å². The standard InChI is InChI=1S/C35H48O2/c1-20-13-22(16-26(30(20)36)28-18-24-9-11-34(28,7)32(24,3)4)15-23-14-21(2)31(37)27(17-23)29-19-25-10-12-35(29,8)33(25,5)6/h13-14,16-17,24-25,28-29,36-37H,9-12,15,18-19H2,1-8H3. The number of benzene rings is 2. The molecule has 6 atom stereocenters. The Kier molecular flexibility index (Phi) is 5.34. The molecule has 2 N–H and O–H groups in total. The van der Waals surface area contributed by atoms with Gasteiger partial charge in [0.15, 0.2) is 0 Å². The van der Waals surface area contributed by atoms with Gasteiger partial charge in [-0.05, 0) is 138 Å². The molecule has 2 aromatic rings. The van der Waals surface area contributed by atoms with Gasteiger partial charge in [0, 0.05) is 0 Å². The first kappa shape index (κ1) is 25.3. The molecule has 0 heterocycles. The average molecular weight is 501 g/mol. The number of hydrogen-bond acceptors (Lipinski definition) is 2. The molecule has 0 aromatic heterocycles. The van der Waals surface area contributed by atoms with Gasteiger partial charge in [0.05, 0.1) is 0 Å². The Balaban J connectivity index is 1.36. The smallest absolute Gasteiger partial charge is 0.121 e. The van der Waals surface area contributed by atoms with Gasteiger partial charge in [-0.1, -0.05) is 65.8 Å². The number of phenolic OH excluding ortho intramolecular Hbond substituents is 2. The van der Waals surface area contributed by atoms with E-state index in [1.54, 1.807) is 0 Å². The fourth-order valence-electron chi connectivity index (χ4n) is 10.1. The van der Waals surface area contributed by atoms with Crippen LogP contribution in [0.4, 0.5) is 0 Å². The topological polar surface area (TPSA) is 40.5 Å². The third kappa shape index (κ3) is 3.23. The van der Waals surface area contributed by atoms with Gasteiger partial charge in [0.25, 0.3) is 0 Å². The molecule has 200 valence electrons. The Labute approximate surface area is 224 Å². The minimum Gasteiger partial charge on any atom is -0.507 e. The normalized spacial score (nSPS) is 37.0. The number of fused-ring (bicyclic) bond motifs is 4. The second-order valence-electron chi connectivity index (χ2n) is 15.2. The first-order chi connectivity index (χ1) is 17.2. The molecule has 2 nitrogen and oxygen atoms in total. The third-order valence-corrected chi connectivity index (χ3v) is 13.5. The molecule has 0 spiro atoms. The molecule has 4 saturated carbocycles. The minimum atomic E-state index is 0.243. The van der Waals surface area contributed by atoms with Crippen molar-refractivity contribution in [3.63, 3.8) is 0 Å². The van der Waals surface area contributed by atoms with Crippen LogP contribution in [0, 0.1) is 47.3 Å². The van der Waals surface area contributed by atoms with Crippen molar-refractivity contribution in [3.8, 4) is 11.5 Å². The van der Waals surface area contributed by atoms with Crippen LogP contribution in [0.25, 0.3) is 0 Å². The van der Waals surface area contributed by atoms with Gasteiger partial charge >= 0.3 is 0 Å². The van der Waals surface area contributed by atoms with E-state index in [0.717, 1.165) is 29.4 Å². The highest BCUT2D eigenvalue weighted by atomic mass is 16.3. The summed E-state index contributed by atoms with van der Waals surface area (Å²) in [4.78, 5) is 0. The summed E-state index contributed by atoms with van der Waals surface area (Å²) < 4.78 is 0.